The molecule has 0 aliphatic carbocycles. The Morgan fingerprint density at radius 3 is 1.69 bits per heavy atom. The van der Waals surface area contributed by atoms with Crippen molar-refractivity contribution in [1.82, 2.24) is 9.80 Å². The maximum atomic E-state index is 12.4. The number of rotatable bonds is 36. The molecule has 0 saturated heterocycles. The fraction of sp³-hybridized carbons (Fsp3) is 0.854. The molecule has 10 nitrogen and oxygen atoms in total. The number of likely N-dealkylation sites (N-methyl/N-ethyl adjacent to an activating group) is 1. The monoisotopic (exact) mass is 721 g/mol. The van der Waals surface area contributed by atoms with Gasteiger partial charge in [0.25, 0.3) is 10.9 Å². The van der Waals surface area contributed by atoms with Crippen LogP contribution in [0.4, 0.5) is 11.4 Å². The summed E-state index contributed by atoms with van der Waals surface area (Å²) in [5, 5.41) is 6.34. The van der Waals surface area contributed by atoms with Gasteiger partial charge in [0.05, 0.1) is 6.61 Å². The van der Waals surface area contributed by atoms with Crippen molar-refractivity contribution in [3.63, 3.8) is 0 Å². The average Bonchev–Trinajstić information content (AvgIpc) is 3.11. The van der Waals surface area contributed by atoms with Crippen LogP contribution in [-0.2, 0) is 19.1 Å². The van der Waals surface area contributed by atoms with Gasteiger partial charge in [-0.1, -0.05) is 97.8 Å². The highest BCUT2D eigenvalue weighted by Gasteiger charge is 2.20. The number of nitrogens with zero attached hydrogens (tertiary/aromatic N) is 2. The maximum Gasteiger partial charge on any atom is 0.306 e. The molecule has 0 aliphatic rings. The number of anilines is 2. The second kappa shape index (κ2) is 31.1. The summed E-state index contributed by atoms with van der Waals surface area (Å²) in [5.41, 5.74) is -0.00686. The highest BCUT2D eigenvalue weighted by atomic mass is 16.5. The first-order valence-corrected chi connectivity index (χ1v) is 20.8. The Hall–Kier alpha value is -2.46. The molecule has 1 aromatic rings. The van der Waals surface area contributed by atoms with Crippen molar-refractivity contribution < 1.29 is 19.1 Å². The van der Waals surface area contributed by atoms with Crippen molar-refractivity contribution in [3.8, 4) is 0 Å². The number of ether oxygens (including phenoxy) is 2. The van der Waals surface area contributed by atoms with E-state index in [0.29, 0.717) is 43.9 Å². The molecular formula is C41H76N4O6. The van der Waals surface area contributed by atoms with Gasteiger partial charge in [0.1, 0.15) is 17.5 Å². The Labute approximate surface area is 310 Å². The van der Waals surface area contributed by atoms with Crippen LogP contribution >= 0.6 is 0 Å². The molecule has 51 heavy (non-hydrogen) atoms. The van der Waals surface area contributed by atoms with Crippen molar-refractivity contribution in [1.29, 1.82) is 0 Å². The lowest BCUT2D eigenvalue weighted by Crippen LogP contribution is -2.39. The minimum atomic E-state index is -0.429. The van der Waals surface area contributed by atoms with Gasteiger partial charge in [-0.05, 0) is 85.1 Å². The molecule has 0 aliphatic heterocycles. The molecule has 2 N–H and O–H groups in total. The largest absolute Gasteiger partial charge is 0.466 e. The van der Waals surface area contributed by atoms with Crippen LogP contribution in [0.2, 0.25) is 0 Å². The number of carbonyl (C=O) groups excluding carboxylic acids is 2. The SMILES string of the molecule is CCCCCCOC(=O)CCCCCCCN(CCCCCCCC(=O)OC(CCC)CCCC)CCCNc1c(NCCN(C)C)c(=O)c1=O. The smallest absolute Gasteiger partial charge is 0.306 e. The lowest BCUT2D eigenvalue weighted by atomic mass is 10.1. The molecule has 296 valence electrons. The van der Waals surface area contributed by atoms with Gasteiger partial charge < -0.3 is 29.9 Å². The van der Waals surface area contributed by atoms with Crippen LogP contribution in [0.15, 0.2) is 9.59 Å². The first-order chi connectivity index (χ1) is 24.7. The van der Waals surface area contributed by atoms with Gasteiger partial charge in [-0.3, -0.25) is 19.2 Å². The lowest BCUT2D eigenvalue weighted by Gasteiger charge is -2.23. The Balaban J connectivity index is 2.41. The Bertz CT molecular complexity index is 1090. The van der Waals surface area contributed by atoms with E-state index in [4.69, 9.17) is 9.47 Å². The van der Waals surface area contributed by atoms with Crippen molar-refractivity contribution in [2.75, 3.05) is 70.6 Å². The molecule has 0 fully saturated rings. The Morgan fingerprint density at radius 2 is 1.10 bits per heavy atom. The number of nitrogens with one attached hydrogen (secondary N) is 2. The number of hydrogen-bond donors (Lipinski definition) is 2. The zero-order valence-corrected chi connectivity index (χ0v) is 33.4. The van der Waals surface area contributed by atoms with Crippen LogP contribution in [0, 0.1) is 0 Å². The molecule has 0 radical (unpaired) electrons. The first-order valence-electron chi connectivity index (χ1n) is 20.8. The van der Waals surface area contributed by atoms with Crippen LogP contribution in [0.3, 0.4) is 0 Å². The molecule has 0 aromatic heterocycles. The van der Waals surface area contributed by atoms with E-state index in [-0.39, 0.29) is 18.0 Å². The average molecular weight is 721 g/mol. The number of esters is 2. The van der Waals surface area contributed by atoms with Gasteiger partial charge in [0.15, 0.2) is 0 Å². The topological polar surface area (TPSA) is 117 Å². The fourth-order valence-corrected chi connectivity index (χ4v) is 6.30. The van der Waals surface area contributed by atoms with Crippen LogP contribution in [-0.4, -0.2) is 87.8 Å². The molecule has 1 rings (SSSR count). The van der Waals surface area contributed by atoms with Gasteiger partial charge in [0, 0.05) is 32.5 Å². The van der Waals surface area contributed by atoms with Gasteiger partial charge >= 0.3 is 11.9 Å². The highest BCUT2D eigenvalue weighted by molar-refractivity contribution is 5.74. The molecule has 0 heterocycles. The Kier molecular flexibility index (Phi) is 28.4. The summed E-state index contributed by atoms with van der Waals surface area (Å²) in [5.74, 6) is -0.100. The predicted octanol–water partition coefficient (Wildman–Crippen LogP) is 8.07. The van der Waals surface area contributed by atoms with Crippen molar-refractivity contribution >= 4 is 23.3 Å². The van der Waals surface area contributed by atoms with E-state index >= 15 is 0 Å². The molecule has 1 atom stereocenters. The third-order valence-corrected chi connectivity index (χ3v) is 9.48. The van der Waals surface area contributed by atoms with E-state index in [1.54, 1.807) is 0 Å². The number of carbonyl (C=O) groups is 2. The zero-order chi connectivity index (χ0) is 37.5. The summed E-state index contributed by atoms with van der Waals surface area (Å²) in [6.45, 7) is 12.1. The molecule has 0 spiro atoms. The minimum Gasteiger partial charge on any atom is -0.466 e. The summed E-state index contributed by atoms with van der Waals surface area (Å²) in [7, 11) is 3.95. The number of hydrogen-bond acceptors (Lipinski definition) is 10. The third-order valence-electron chi connectivity index (χ3n) is 9.48. The molecule has 0 amide bonds. The second-order valence-corrected chi connectivity index (χ2v) is 14.6. The summed E-state index contributed by atoms with van der Waals surface area (Å²) in [4.78, 5) is 53.2. The summed E-state index contributed by atoms with van der Waals surface area (Å²) < 4.78 is 11.1. The molecule has 10 heteroatoms. The third kappa shape index (κ3) is 23.7. The van der Waals surface area contributed by atoms with Crippen LogP contribution < -0.4 is 21.5 Å². The van der Waals surface area contributed by atoms with Crippen LogP contribution in [0.1, 0.15) is 162 Å². The standard InChI is InChI=1S/C41H76N4O6/c1-6-9-11-22-34-50-36(46)26-18-14-12-16-20-30-45(32-23-28-42-38-39(41(49)40(38)48)43-29-33-44(4)5)31-21-17-13-15-19-27-37(47)51-35(24-8-3)25-10-7-2/h35,42-43H,6-34H2,1-5H3. The van der Waals surface area contributed by atoms with E-state index < -0.39 is 10.9 Å². The van der Waals surface area contributed by atoms with E-state index in [9.17, 15) is 19.2 Å². The fourth-order valence-electron chi connectivity index (χ4n) is 6.30. The quantitative estimate of drug-likeness (QED) is 0.0401. The molecular weight excluding hydrogens is 644 g/mol. The lowest BCUT2D eigenvalue weighted by molar-refractivity contribution is -0.150. The first kappa shape index (κ1) is 46.6. The van der Waals surface area contributed by atoms with Crippen LogP contribution in [0.25, 0.3) is 0 Å². The van der Waals surface area contributed by atoms with E-state index in [1.807, 2.05) is 19.0 Å². The zero-order valence-electron chi connectivity index (χ0n) is 33.4. The van der Waals surface area contributed by atoms with Crippen molar-refractivity contribution in [2.24, 2.45) is 0 Å². The van der Waals surface area contributed by atoms with Gasteiger partial charge in [-0.15, -0.1) is 0 Å². The van der Waals surface area contributed by atoms with Crippen LogP contribution in [0.5, 0.6) is 0 Å². The van der Waals surface area contributed by atoms with Crippen molar-refractivity contribution in [2.45, 2.75) is 168 Å². The van der Waals surface area contributed by atoms with Gasteiger partial charge in [-0.2, -0.15) is 0 Å². The summed E-state index contributed by atoms with van der Waals surface area (Å²) >= 11 is 0. The highest BCUT2D eigenvalue weighted by Crippen LogP contribution is 2.16. The van der Waals surface area contributed by atoms with E-state index in [1.165, 1.54) is 12.8 Å². The van der Waals surface area contributed by atoms with E-state index in [0.717, 1.165) is 142 Å². The summed E-state index contributed by atoms with van der Waals surface area (Å²) in [6, 6.07) is 0. The van der Waals surface area contributed by atoms with Gasteiger partial charge in [-0.25, -0.2) is 0 Å². The summed E-state index contributed by atoms with van der Waals surface area (Å²) in [6.07, 6.45) is 22.3. The molecule has 0 bridgehead atoms. The number of unbranched alkanes of at least 4 members (excludes halogenated alkanes) is 12. The Morgan fingerprint density at radius 1 is 0.569 bits per heavy atom. The molecule has 0 saturated carbocycles. The van der Waals surface area contributed by atoms with E-state index in [2.05, 4.69) is 36.3 Å². The molecule has 1 unspecified atom stereocenters. The molecule has 1 aromatic carbocycles. The normalized spacial score (nSPS) is 12.1. The van der Waals surface area contributed by atoms with Gasteiger partial charge in [0.2, 0.25) is 0 Å². The van der Waals surface area contributed by atoms with Crippen molar-refractivity contribution in [3.05, 3.63) is 20.4 Å². The minimum absolute atomic E-state index is 0.0396. The maximum absolute atomic E-state index is 12.4. The second-order valence-electron chi connectivity index (χ2n) is 14.6. The predicted molar refractivity (Wildman–Crippen MR) is 213 cm³/mol.